The van der Waals surface area contributed by atoms with Gasteiger partial charge in [-0.15, -0.1) is 0 Å². The highest BCUT2D eigenvalue weighted by molar-refractivity contribution is 8.00. The van der Waals surface area contributed by atoms with Gasteiger partial charge in [-0.25, -0.2) is 4.98 Å². The quantitative estimate of drug-likeness (QED) is 0.342. The van der Waals surface area contributed by atoms with Gasteiger partial charge in [0.05, 0.1) is 29.0 Å². The molecule has 2 aromatic carbocycles. The molecule has 0 saturated carbocycles. The fraction of sp³-hybridized carbons (Fsp3) is 0.240. The Hall–Kier alpha value is -3.32. The summed E-state index contributed by atoms with van der Waals surface area (Å²) in [6.07, 6.45) is 2.44. The lowest BCUT2D eigenvalue weighted by molar-refractivity contribution is -0.131. The summed E-state index contributed by atoms with van der Waals surface area (Å²) < 4.78 is 7.07. The third kappa shape index (κ3) is 3.96. The molecule has 0 unspecified atom stereocenters. The smallest absolute Gasteiger partial charge is 0.262 e. The van der Waals surface area contributed by atoms with Gasteiger partial charge in [0.15, 0.2) is 5.16 Å². The molecule has 5 rings (SSSR count). The van der Waals surface area contributed by atoms with Gasteiger partial charge in [0.2, 0.25) is 5.91 Å². The van der Waals surface area contributed by atoms with Gasteiger partial charge in [-0.2, -0.15) is 0 Å². The van der Waals surface area contributed by atoms with Crippen molar-refractivity contribution in [3.63, 3.8) is 0 Å². The standard InChI is InChI=1S/C25H23N3O3S/c1-17(23(29)27-13-12-18-7-2-3-8-19(18)15-27)32-25-26-22-11-5-4-10-21(22)24(30)28(25)16-20-9-6-14-31-20/h2-11,14,17H,12-13,15-16H2,1H3/t17-/m1/s1. The molecule has 0 aliphatic carbocycles. The first-order valence-corrected chi connectivity index (χ1v) is 11.5. The van der Waals surface area contributed by atoms with Gasteiger partial charge in [-0.1, -0.05) is 48.2 Å². The SMILES string of the molecule is C[C@@H](Sc1nc2ccccc2c(=O)n1Cc1ccco1)C(=O)N1CCc2ccccc2C1. The molecule has 4 aromatic rings. The Morgan fingerprint density at radius 2 is 1.88 bits per heavy atom. The predicted octanol–water partition coefficient (Wildman–Crippen LogP) is 4.10. The Morgan fingerprint density at radius 1 is 1.09 bits per heavy atom. The summed E-state index contributed by atoms with van der Waals surface area (Å²) in [5.74, 6) is 0.717. The molecule has 1 aliphatic rings. The average Bonchev–Trinajstić information content (AvgIpc) is 3.34. The van der Waals surface area contributed by atoms with Gasteiger partial charge in [0.25, 0.3) is 5.56 Å². The topological polar surface area (TPSA) is 68.3 Å². The maximum atomic E-state index is 13.3. The van der Waals surface area contributed by atoms with E-state index in [0.29, 0.717) is 34.9 Å². The Balaban J connectivity index is 1.44. The number of amides is 1. The van der Waals surface area contributed by atoms with E-state index < -0.39 is 0 Å². The van der Waals surface area contributed by atoms with Crippen LogP contribution in [0.1, 0.15) is 23.8 Å². The molecule has 0 radical (unpaired) electrons. The van der Waals surface area contributed by atoms with Gasteiger partial charge in [-0.3, -0.25) is 14.2 Å². The molecule has 3 heterocycles. The van der Waals surface area contributed by atoms with Crippen molar-refractivity contribution in [2.24, 2.45) is 0 Å². The van der Waals surface area contributed by atoms with E-state index in [-0.39, 0.29) is 23.3 Å². The van der Waals surface area contributed by atoms with Crippen molar-refractivity contribution in [2.45, 2.75) is 36.8 Å². The highest BCUT2D eigenvalue weighted by Gasteiger charge is 2.27. The summed E-state index contributed by atoms with van der Waals surface area (Å²) in [5.41, 5.74) is 2.99. The van der Waals surface area contributed by atoms with Crippen molar-refractivity contribution in [3.05, 3.63) is 94.2 Å². The summed E-state index contributed by atoms with van der Waals surface area (Å²) in [4.78, 5) is 33.1. The number of rotatable bonds is 5. The Labute approximate surface area is 189 Å². The third-order valence-electron chi connectivity index (χ3n) is 5.79. The first-order chi connectivity index (χ1) is 15.6. The van der Waals surface area contributed by atoms with Gasteiger partial charge in [-0.05, 0) is 48.7 Å². The lowest BCUT2D eigenvalue weighted by atomic mass is 10.00. The molecule has 1 atom stereocenters. The van der Waals surface area contributed by atoms with E-state index in [2.05, 4.69) is 12.1 Å². The molecule has 6 nitrogen and oxygen atoms in total. The van der Waals surface area contributed by atoms with Crippen molar-refractivity contribution in [1.29, 1.82) is 0 Å². The minimum absolute atomic E-state index is 0.0523. The molecule has 0 saturated heterocycles. The zero-order valence-corrected chi connectivity index (χ0v) is 18.5. The number of fused-ring (bicyclic) bond motifs is 2. The van der Waals surface area contributed by atoms with E-state index in [1.807, 2.05) is 48.2 Å². The first-order valence-electron chi connectivity index (χ1n) is 10.6. The number of benzene rings is 2. The number of para-hydroxylation sites is 1. The fourth-order valence-electron chi connectivity index (χ4n) is 4.08. The van der Waals surface area contributed by atoms with Crippen molar-refractivity contribution in [3.8, 4) is 0 Å². The van der Waals surface area contributed by atoms with Crippen molar-refractivity contribution in [1.82, 2.24) is 14.5 Å². The molecule has 7 heteroatoms. The fourth-order valence-corrected chi connectivity index (χ4v) is 5.08. The third-order valence-corrected chi connectivity index (χ3v) is 6.87. The van der Waals surface area contributed by atoms with Crippen LogP contribution < -0.4 is 5.56 Å². The molecular formula is C25H23N3O3S. The second-order valence-electron chi connectivity index (χ2n) is 7.92. The van der Waals surface area contributed by atoms with Crippen LogP contribution in [0.4, 0.5) is 0 Å². The lowest BCUT2D eigenvalue weighted by Crippen LogP contribution is -2.40. The van der Waals surface area contributed by atoms with E-state index in [1.54, 1.807) is 23.0 Å². The van der Waals surface area contributed by atoms with E-state index in [0.717, 1.165) is 6.42 Å². The molecule has 0 fully saturated rings. The molecule has 32 heavy (non-hydrogen) atoms. The number of furan rings is 1. The Morgan fingerprint density at radius 3 is 2.69 bits per heavy atom. The minimum Gasteiger partial charge on any atom is -0.467 e. The number of hydrogen-bond donors (Lipinski definition) is 0. The van der Waals surface area contributed by atoms with Gasteiger partial charge in [0.1, 0.15) is 5.76 Å². The van der Waals surface area contributed by atoms with Gasteiger partial charge in [0, 0.05) is 13.1 Å². The molecule has 0 spiro atoms. The Kier molecular flexibility index (Phi) is 5.57. The van der Waals surface area contributed by atoms with Crippen molar-refractivity contribution < 1.29 is 9.21 Å². The maximum absolute atomic E-state index is 13.3. The van der Waals surface area contributed by atoms with Crippen LogP contribution in [0, 0.1) is 0 Å². The van der Waals surface area contributed by atoms with E-state index >= 15 is 0 Å². The van der Waals surface area contributed by atoms with Crippen LogP contribution in [0.5, 0.6) is 0 Å². The summed E-state index contributed by atoms with van der Waals surface area (Å²) in [7, 11) is 0. The molecule has 0 bridgehead atoms. The molecule has 0 N–H and O–H groups in total. The summed E-state index contributed by atoms with van der Waals surface area (Å²) in [6.45, 7) is 3.46. The molecule has 1 amide bonds. The minimum atomic E-state index is -0.379. The normalized spacial score (nSPS) is 14.3. The number of carbonyl (C=O) groups is 1. The highest BCUT2D eigenvalue weighted by Crippen LogP contribution is 2.27. The number of hydrogen-bond acceptors (Lipinski definition) is 5. The zero-order chi connectivity index (χ0) is 22.1. The van der Waals surface area contributed by atoms with Crippen LogP contribution >= 0.6 is 11.8 Å². The van der Waals surface area contributed by atoms with E-state index in [4.69, 9.17) is 9.40 Å². The van der Waals surface area contributed by atoms with Crippen molar-refractivity contribution in [2.75, 3.05) is 6.54 Å². The van der Waals surface area contributed by atoms with Crippen LogP contribution in [-0.2, 0) is 24.3 Å². The first kappa shape index (κ1) is 20.6. The van der Waals surface area contributed by atoms with Crippen LogP contribution in [-0.4, -0.2) is 32.2 Å². The Bertz CT molecular complexity index is 1330. The highest BCUT2D eigenvalue weighted by atomic mass is 32.2. The largest absolute Gasteiger partial charge is 0.467 e. The summed E-state index contributed by atoms with van der Waals surface area (Å²) in [6, 6.07) is 19.2. The molecule has 162 valence electrons. The van der Waals surface area contributed by atoms with Gasteiger partial charge >= 0.3 is 0 Å². The van der Waals surface area contributed by atoms with Crippen LogP contribution in [0.2, 0.25) is 0 Å². The lowest BCUT2D eigenvalue weighted by Gasteiger charge is -2.30. The number of carbonyl (C=O) groups excluding carboxylic acids is 1. The zero-order valence-electron chi connectivity index (χ0n) is 17.7. The van der Waals surface area contributed by atoms with E-state index in [9.17, 15) is 9.59 Å². The molecular weight excluding hydrogens is 422 g/mol. The van der Waals surface area contributed by atoms with Gasteiger partial charge < -0.3 is 9.32 Å². The second-order valence-corrected chi connectivity index (χ2v) is 9.23. The second kappa shape index (κ2) is 8.67. The van der Waals surface area contributed by atoms with Crippen LogP contribution in [0.3, 0.4) is 0 Å². The molecule has 1 aliphatic heterocycles. The summed E-state index contributed by atoms with van der Waals surface area (Å²) >= 11 is 1.32. The summed E-state index contributed by atoms with van der Waals surface area (Å²) in [5, 5.41) is 0.689. The number of nitrogens with zero attached hydrogens (tertiary/aromatic N) is 3. The number of thioether (sulfide) groups is 1. The average molecular weight is 446 g/mol. The predicted molar refractivity (Wildman–Crippen MR) is 125 cm³/mol. The maximum Gasteiger partial charge on any atom is 0.262 e. The molecule has 2 aromatic heterocycles. The van der Waals surface area contributed by atoms with E-state index in [1.165, 1.54) is 22.9 Å². The van der Waals surface area contributed by atoms with Crippen molar-refractivity contribution >= 4 is 28.6 Å². The monoisotopic (exact) mass is 445 g/mol. The van der Waals surface area contributed by atoms with Crippen LogP contribution in [0.15, 0.2) is 81.3 Å². The van der Waals surface area contributed by atoms with Crippen LogP contribution in [0.25, 0.3) is 10.9 Å². The number of aromatic nitrogens is 2.